The number of oxazole rings is 1. The third-order valence-electron chi connectivity index (χ3n) is 10.5. The van der Waals surface area contributed by atoms with Gasteiger partial charge < -0.3 is 4.42 Å². The van der Waals surface area contributed by atoms with Crippen molar-refractivity contribution in [3.8, 4) is 44.8 Å². The predicted octanol–water partition coefficient (Wildman–Crippen LogP) is 12.6. The molecule has 10 rings (SSSR count). The molecule has 0 bridgehead atoms. The van der Waals surface area contributed by atoms with E-state index in [4.69, 9.17) is 9.40 Å². The zero-order chi connectivity index (χ0) is 32.0. The largest absolute Gasteiger partial charge is 0.436 e. The van der Waals surface area contributed by atoms with Crippen LogP contribution in [0.4, 0.5) is 0 Å². The molecule has 0 atom stereocenters. The first-order valence-electron chi connectivity index (χ1n) is 16.6. The molecule has 0 aliphatic heterocycles. The van der Waals surface area contributed by atoms with Crippen molar-refractivity contribution in [1.82, 2.24) is 4.98 Å². The third kappa shape index (κ3) is 3.90. The van der Waals surface area contributed by atoms with Gasteiger partial charge in [0.15, 0.2) is 5.58 Å². The topological polar surface area (TPSA) is 26.0 Å². The Kier molecular flexibility index (Phi) is 5.66. The van der Waals surface area contributed by atoms with Crippen LogP contribution in [0.5, 0.6) is 0 Å². The van der Waals surface area contributed by atoms with Gasteiger partial charge in [-0.15, -0.1) is 0 Å². The van der Waals surface area contributed by atoms with E-state index in [0.717, 1.165) is 16.7 Å². The molecule has 0 spiro atoms. The summed E-state index contributed by atoms with van der Waals surface area (Å²) in [6.07, 6.45) is 0. The zero-order valence-electron chi connectivity index (χ0n) is 26.8. The lowest BCUT2D eigenvalue weighted by Gasteiger charge is -2.24. The minimum absolute atomic E-state index is 0.103. The summed E-state index contributed by atoms with van der Waals surface area (Å²) in [5, 5.41) is 7.54. The second-order valence-electron chi connectivity index (χ2n) is 13.5. The minimum Gasteiger partial charge on any atom is -0.436 e. The molecule has 0 unspecified atom stereocenters. The minimum atomic E-state index is -0.103. The first kappa shape index (κ1) is 27.2. The van der Waals surface area contributed by atoms with Gasteiger partial charge in [0, 0.05) is 11.0 Å². The summed E-state index contributed by atoms with van der Waals surface area (Å²) in [6.45, 7) is 4.73. The van der Waals surface area contributed by atoms with Crippen LogP contribution in [0.25, 0.3) is 88.3 Å². The number of fused-ring (bicyclic) bond motifs is 7. The highest BCUT2D eigenvalue weighted by atomic mass is 16.3. The van der Waals surface area contributed by atoms with E-state index in [1.807, 2.05) is 24.3 Å². The molecule has 1 aliphatic carbocycles. The number of hydrogen-bond donors (Lipinski definition) is 0. The fourth-order valence-corrected chi connectivity index (χ4v) is 8.11. The van der Waals surface area contributed by atoms with E-state index in [-0.39, 0.29) is 5.41 Å². The Morgan fingerprint density at radius 2 is 1.08 bits per heavy atom. The number of para-hydroxylation sites is 2. The summed E-state index contributed by atoms with van der Waals surface area (Å²) in [5.41, 5.74) is 12.9. The average Bonchev–Trinajstić information content (AvgIpc) is 3.66. The molecule has 0 N–H and O–H groups in total. The Bertz CT molecular complexity index is 2710. The van der Waals surface area contributed by atoms with Crippen LogP contribution in [0, 0.1) is 0 Å². The van der Waals surface area contributed by atoms with Crippen molar-refractivity contribution in [2.75, 3.05) is 0 Å². The van der Waals surface area contributed by atoms with Gasteiger partial charge in [-0.05, 0) is 119 Å². The van der Waals surface area contributed by atoms with E-state index in [2.05, 4.69) is 141 Å². The van der Waals surface area contributed by atoms with Crippen molar-refractivity contribution < 1.29 is 4.42 Å². The molecule has 0 radical (unpaired) electrons. The summed E-state index contributed by atoms with van der Waals surface area (Å²) in [4.78, 5) is 4.76. The molecule has 1 aliphatic rings. The maximum Gasteiger partial charge on any atom is 0.227 e. The monoisotopic (exact) mass is 613 g/mol. The van der Waals surface area contributed by atoms with Crippen molar-refractivity contribution in [1.29, 1.82) is 0 Å². The molecule has 0 amide bonds. The number of benzene rings is 8. The van der Waals surface area contributed by atoms with Gasteiger partial charge in [0.25, 0.3) is 0 Å². The second kappa shape index (κ2) is 10.0. The molecule has 48 heavy (non-hydrogen) atoms. The maximum absolute atomic E-state index is 6.13. The highest BCUT2D eigenvalue weighted by molar-refractivity contribution is 6.22. The summed E-state index contributed by atoms with van der Waals surface area (Å²) in [5.74, 6) is 0.640. The smallest absolute Gasteiger partial charge is 0.227 e. The normalized spacial score (nSPS) is 13.4. The standard InChI is InChI=1S/C46H31NO/c1-46(2)39-16-8-7-13-33(39)36-26-37-38(27-40(36)46)44(32-24-19-28-11-3-4-12-31(28)25-32)35-15-6-5-14-34(35)43(37)29-20-22-30(23-21-29)45-47-41-17-9-10-18-42(41)48-45/h3-27H,1-2H3. The van der Waals surface area contributed by atoms with Crippen LogP contribution < -0.4 is 0 Å². The lowest BCUT2D eigenvalue weighted by atomic mass is 9.79. The first-order chi connectivity index (χ1) is 23.5. The van der Waals surface area contributed by atoms with E-state index in [0.29, 0.717) is 5.89 Å². The van der Waals surface area contributed by atoms with Gasteiger partial charge in [0.05, 0.1) is 0 Å². The van der Waals surface area contributed by atoms with Crippen LogP contribution in [0.2, 0.25) is 0 Å². The Hall–Kier alpha value is -5.99. The van der Waals surface area contributed by atoms with Gasteiger partial charge >= 0.3 is 0 Å². The van der Waals surface area contributed by atoms with Crippen LogP contribution in [0.3, 0.4) is 0 Å². The molecule has 9 aromatic rings. The Morgan fingerprint density at radius 1 is 0.458 bits per heavy atom. The van der Waals surface area contributed by atoms with Gasteiger partial charge in [-0.25, -0.2) is 4.98 Å². The maximum atomic E-state index is 6.13. The molecular weight excluding hydrogens is 583 g/mol. The quantitative estimate of drug-likeness (QED) is 0.185. The van der Waals surface area contributed by atoms with Crippen LogP contribution in [0.15, 0.2) is 156 Å². The van der Waals surface area contributed by atoms with E-state index < -0.39 is 0 Å². The molecular formula is C46H31NO. The van der Waals surface area contributed by atoms with Crippen molar-refractivity contribution in [3.05, 3.63) is 163 Å². The first-order valence-corrected chi connectivity index (χ1v) is 16.6. The highest BCUT2D eigenvalue weighted by Gasteiger charge is 2.36. The van der Waals surface area contributed by atoms with E-state index in [1.165, 1.54) is 76.8 Å². The number of hydrogen-bond acceptors (Lipinski definition) is 2. The number of nitrogens with zero attached hydrogens (tertiary/aromatic N) is 1. The number of rotatable bonds is 3. The fraction of sp³-hybridized carbons (Fsp3) is 0.0652. The van der Waals surface area contributed by atoms with Crippen molar-refractivity contribution in [2.24, 2.45) is 0 Å². The zero-order valence-corrected chi connectivity index (χ0v) is 26.8. The van der Waals surface area contributed by atoms with Crippen molar-refractivity contribution >= 4 is 43.4 Å². The lowest BCUT2D eigenvalue weighted by Crippen LogP contribution is -2.14. The van der Waals surface area contributed by atoms with Gasteiger partial charge in [0.2, 0.25) is 5.89 Å². The van der Waals surface area contributed by atoms with Crippen LogP contribution in [-0.4, -0.2) is 4.98 Å². The Balaban J connectivity index is 1.28. The molecule has 226 valence electrons. The molecule has 0 fully saturated rings. The average molecular weight is 614 g/mol. The van der Waals surface area contributed by atoms with Crippen LogP contribution in [-0.2, 0) is 5.41 Å². The second-order valence-corrected chi connectivity index (χ2v) is 13.5. The molecule has 2 nitrogen and oxygen atoms in total. The molecule has 0 saturated carbocycles. The fourth-order valence-electron chi connectivity index (χ4n) is 8.11. The number of aromatic nitrogens is 1. The van der Waals surface area contributed by atoms with Gasteiger partial charge in [-0.3, -0.25) is 0 Å². The van der Waals surface area contributed by atoms with Crippen molar-refractivity contribution in [2.45, 2.75) is 19.3 Å². The van der Waals surface area contributed by atoms with E-state index >= 15 is 0 Å². The van der Waals surface area contributed by atoms with Gasteiger partial charge in [-0.1, -0.05) is 123 Å². The van der Waals surface area contributed by atoms with Gasteiger partial charge in [-0.2, -0.15) is 0 Å². The lowest BCUT2D eigenvalue weighted by molar-refractivity contribution is 0.620. The molecule has 8 aromatic carbocycles. The van der Waals surface area contributed by atoms with Crippen LogP contribution in [0.1, 0.15) is 25.0 Å². The molecule has 1 aromatic heterocycles. The molecule has 0 saturated heterocycles. The Labute approximate surface area is 278 Å². The SMILES string of the molecule is CC1(C)c2ccccc2-c2cc3c(-c4ccc(-c5nc6ccccc6o5)cc4)c4ccccc4c(-c4ccc5ccccc5c4)c3cc21. The molecule has 1 heterocycles. The Morgan fingerprint density at radius 3 is 1.90 bits per heavy atom. The summed E-state index contributed by atoms with van der Waals surface area (Å²) < 4.78 is 6.13. The highest BCUT2D eigenvalue weighted by Crippen LogP contribution is 2.53. The third-order valence-corrected chi connectivity index (χ3v) is 10.5. The molecule has 2 heteroatoms. The van der Waals surface area contributed by atoms with E-state index in [9.17, 15) is 0 Å². The summed E-state index contributed by atoms with van der Waals surface area (Å²) >= 11 is 0. The van der Waals surface area contributed by atoms with E-state index in [1.54, 1.807) is 0 Å². The van der Waals surface area contributed by atoms with Gasteiger partial charge in [0.1, 0.15) is 5.52 Å². The van der Waals surface area contributed by atoms with Crippen LogP contribution >= 0.6 is 0 Å². The summed E-state index contributed by atoms with van der Waals surface area (Å²) in [7, 11) is 0. The van der Waals surface area contributed by atoms with Crippen molar-refractivity contribution in [3.63, 3.8) is 0 Å². The predicted molar refractivity (Wildman–Crippen MR) is 200 cm³/mol. The summed E-state index contributed by atoms with van der Waals surface area (Å²) in [6, 6.07) is 55.0.